The van der Waals surface area contributed by atoms with Gasteiger partial charge in [0, 0.05) is 11.8 Å². The number of hydrazine groups is 1. The van der Waals surface area contributed by atoms with Crippen LogP contribution < -0.4 is 11.3 Å². The molecule has 1 aromatic carbocycles. The van der Waals surface area contributed by atoms with Crippen LogP contribution in [-0.4, -0.2) is 17.0 Å². The van der Waals surface area contributed by atoms with Gasteiger partial charge in [-0.25, -0.2) is 0 Å². The lowest BCUT2D eigenvalue weighted by molar-refractivity contribution is 0.519. The van der Waals surface area contributed by atoms with Gasteiger partial charge in [0.25, 0.3) is 0 Å². The zero-order valence-electron chi connectivity index (χ0n) is 10.9. The highest BCUT2D eigenvalue weighted by Crippen LogP contribution is 2.14. The van der Waals surface area contributed by atoms with Crippen LogP contribution in [0.25, 0.3) is 0 Å². The minimum Gasteiger partial charge on any atom is -0.271 e. The second-order valence-electron chi connectivity index (χ2n) is 4.62. The number of nitrogens with one attached hydrogen (secondary N) is 1. The number of thioether (sulfide) groups is 1. The molecule has 0 amide bonds. The molecule has 1 atom stereocenters. The lowest BCUT2D eigenvalue weighted by Crippen LogP contribution is -2.37. The first kappa shape index (κ1) is 14.6. The maximum Gasteiger partial charge on any atom is 0.0301 e. The van der Waals surface area contributed by atoms with Gasteiger partial charge in [-0.3, -0.25) is 11.3 Å². The number of nitrogens with two attached hydrogens (primary N) is 1. The molecule has 0 fully saturated rings. The van der Waals surface area contributed by atoms with E-state index in [1.54, 1.807) is 0 Å². The molecule has 0 heterocycles. The van der Waals surface area contributed by atoms with E-state index in [1.165, 1.54) is 12.0 Å². The van der Waals surface area contributed by atoms with Crippen LogP contribution in [0, 0.1) is 0 Å². The Labute approximate surface area is 109 Å². The van der Waals surface area contributed by atoms with Crippen molar-refractivity contribution in [1.29, 1.82) is 0 Å². The van der Waals surface area contributed by atoms with Crippen molar-refractivity contribution >= 4 is 11.8 Å². The first-order valence-corrected chi connectivity index (χ1v) is 7.39. The van der Waals surface area contributed by atoms with E-state index in [0.717, 1.165) is 18.6 Å². The maximum atomic E-state index is 5.58. The van der Waals surface area contributed by atoms with Gasteiger partial charge < -0.3 is 0 Å². The third kappa shape index (κ3) is 6.71. The van der Waals surface area contributed by atoms with Crippen molar-refractivity contribution in [2.45, 2.75) is 44.4 Å². The molecule has 17 heavy (non-hydrogen) atoms. The predicted molar refractivity (Wildman–Crippen MR) is 78.1 cm³/mol. The highest BCUT2D eigenvalue weighted by molar-refractivity contribution is 7.99. The Morgan fingerprint density at radius 3 is 2.53 bits per heavy atom. The fourth-order valence-corrected chi connectivity index (χ4v) is 2.60. The van der Waals surface area contributed by atoms with E-state index in [-0.39, 0.29) is 0 Å². The Kier molecular flexibility index (Phi) is 7.33. The fraction of sp³-hybridized carbons (Fsp3) is 0.571. The molecule has 96 valence electrons. The maximum absolute atomic E-state index is 5.58. The molecule has 0 saturated heterocycles. The Hall–Kier alpha value is -0.510. The number of benzene rings is 1. The van der Waals surface area contributed by atoms with Crippen LogP contribution in [-0.2, 0) is 6.42 Å². The van der Waals surface area contributed by atoms with Gasteiger partial charge in [0.05, 0.1) is 0 Å². The van der Waals surface area contributed by atoms with Gasteiger partial charge in [-0.15, -0.1) is 0 Å². The lowest BCUT2D eigenvalue weighted by atomic mass is 10.1. The molecule has 0 aliphatic heterocycles. The van der Waals surface area contributed by atoms with Crippen molar-refractivity contribution in [3.05, 3.63) is 35.9 Å². The summed E-state index contributed by atoms with van der Waals surface area (Å²) in [5.74, 6) is 6.68. The van der Waals surface area contributed by atoms with Crippen LogP contribution in [0.2, 0.25) is 0 Å². The number of aryl methyl sites for hydroxylation is 1. The molecule has 0 aliphatic rings. The highest BCUT2D eigenvalue weighted by atomic mass is 32.2. The largest absolute Gasteiger partial charge is 0.271 e. The summed E-state index contributed by atoms with van der Waals surface area (Å²) in [5, 5.41) is 0.681. The monoisotopic (exact) mass is 252 g/mol. The average Bonchev–Trinajstić information content (AvgIpc) is 2.34. The molecule has 0 bridgehead atoms. The number of hydrogen-bond acceptors (Lipinski definition) is 3. The van der Waals surface area contributed by atoms with Crippen LogP contribution in [0.5, 0.6) is 0 Å². The molecule has 0 spiro atoms. The summed E-state index contributed by atoms with van der Waals surface area (Å²) in [6.45, 7) is 4.45. The van der Waals surface area contributed by atoms with Crippen LogP contribution in [0.1, 0.15) is 32.3 Å². The summed E-state index contributed by atoms with van der Waals surface area (Å²) in [5.41, 5.74) is 4.34. The molecular weight excluding hydrogens is 228 g/mol. The molecule has 1 rings (SSSR count). The minimum absolute atomic E-state index is 0.436. The van der Waals surface area contributed by atoms with E-state index in [9.17, 15) is 0 Å². The van der Waals surface area contributed by atoms with Crippen molar-refractivity contribution in [1.82, 2.24) is 5.43 Å². The summed E-state index contributed by atoms with van der Waals surface area (Å²) in [4.78, 5) is 0. The second kappa shape index (κ2) is 8.56. The van der Waals surface area contributed by atoms with Gasteiger partial charge in [-0.2, -0.15) is 11.8 Å². The molecule has 0 saturated carbocycles. The molecule has 3 N–H and O–H groups in total. The SMILES string of the molecule is CC(C)SCC(CCCc1ccccc1)NN. The summed E-state index contributed by atoms with van der Waals surface area (Å²) < 4.78 is 0. The van der Waals surface area contributed by atoms with Crippen molar-refractivity contribution in [3.63, 3.8) is 0 Å². The molecule has 1 aromatic rings. The van der Waals surface area contributed by atoms with E-state index in [1.807, 2.05) is 11.8 Å². The van der Waals surface area contributed by atoms with E-state index < -0.39 is 0 Å². The lowest BCUT2D eigenvalue weighted by Gasteiger charge is -2.16. The molecule has 1 unspecified atom stereocenters. The van der Waals surface area contributed by atoms with Crippen molar-refractivity contribution in [2.24, 2.45) is 5.84 Å². The van der Waals surface area contributed by atoms with Gasteiger partial charge in [0.2, 0.25) is 0 Å². The third-order valence-electron chi connectivity index (χ3n) is 2.73. The number of rotatable bonds is 8. The van der Waals surface area contributed by atoms with Crippen molar-refractivity contribution in [3.8, 4) is 0 Å². The van der Waals surface area contributed by atoms with E-state index in [2.05, 4.69) is 49.6 Å². The van der Waals surface area contributed by atoms with Gasteiger partial charge >= 0.3 is 0 Å². The topological polar surface area (TPSA) is 38.0 Å². The smallest absolute Gasteiger partial charge is 0.0301 e. The Morgan fingerprint density at radius 1 is 1.24 bits per heavy atom. The van der Waals surface area contributed by atoms with Gasteiger partial charge in [0.1, 0.15) is 0 Å². The standard InChI is InChI=1S/C14H24N2S/c1-12(2)17-11-14(16-15)10-6-9-13-7-4-3-5-8-13/h3-5,7-8,12,14,16H,6,9-11,15H2,1-2H3. The summed E-state index contributed by atoms with van der Waals surface area (Å²) in [7, 11) is 0. The normalized spacial score (nSPS) is 12.9. The molecule has 3 heteroatoms. The number of hydrogen-bond donors (Lipinski definition) is 2. The Bertz CT molecular complexity index is 288. The van der Waals surface area contributed by atoms with Gasteiger partial charge in [-0.05, 0) is 30.1 Å². The molecular formula is C14H24N2S. The highest BCUT2D eigenvalue weighted by Gasteiger charge is 2.07. The zero-order chi connectivity index (χ0) is 12.5. The van der Waals surface area contributed by atoms with Crippen LogP contribution in [0.3, 0.4) is 0 Å². The summed E-state index contributed by atoms with van der Waals surface area (Å²) in [6, 6.07) is 11.1. The zero-order valence-corrected chi connectivity index (χ0v) is 11.7. The van der Waals surface area contributed by atoms with Crippen LogP contribution in [0.15, 0.2) is 30.3 Å². The van der Waals surface area contributed by atoms with Crippen LogP contribution >= 0.6 is 11.8 Å². The molecule has 0 aliphatic carbocycles. The van der Waals surface area contributed by atoms with Crippen molar-refractivity contribution in [2.75, 3.05) is 5.75 Å². The van der Waals surface area contributed by atoms with Gasteiger partial charge in [0.15, 0.2) is 0 Å². The first-order valence-electron chi connectivity index (χ1n) is 6.34. The van der Waals surface area contributed by atoms with E-state index in [0.29, 0.717) is 11.3 Å². The first-order chi connectivity index (χ1) is 8.22. The van der Waals surface area contributed by atoms with Crippen LogP contribution in [0.4, 0.5) is 0 Å². The second-order valence-corrected chi connectivity index (χ2v) is 6.23. The van der Waals surface area contributed by atoms with E-state index >= 15 is 0 Å². The Morgan fingerprint density at radius 2 is 1.94 bits per heavy atom. The van der Waals surface area contributed by atoms with Gasteiger partial charge in [-0.1, -0.05) is 44.2 Å². The molecule has 2 nitrogen and oxygen atoms in total. The Balaban J connectivity index is 2.19. The fourth-order valence-electron chi connectivity index (χ4n) is 1.72. The quantitative estimate of drug-likeness (QED) is 0.552. The average molecular weight is 252 g/mol. The minimum atomic E-state index is 0.436. The van der Waals surface area contributed by atoms with Crippen molar-refractivity contribution < 1.29 is 0 Å². The van der Waals surface area contributed by atoms with E-state index in [4.69, 9.17) is 5.84 Å². The molecule has 0 aromatic heterocycles. The summed E-state index contributed by atoms with van der Waals surface area (Å²) >= 11 is 1.97. The summed E-state index contributed by atoms with van der Waals surface area (Å²) in [6.07, 6.45) is 3.48. The predicted octanol–water partition coefficient (Wildman–Crippen LogP) is 2.98. The third-order valence-corrected chi connectivity index (χ3v) is 3.99. The molecule has 0 radical (unpaired) electrons.